The summed E-state index contributed by atoms with van der Waals surface area (Å²) in [7, 11) is 3.14. The maximum atomic E-state index is 13.8. The highest BCUT2D eigenvalue weighted by atomic mass is 19.2. The normalized spacial score (nSPS) is 18.4. The molecule has 2 aromatic carbocycles. The van der Waals surface area contributed by atoms with Crippen molar-refractivity contribution in [2.24, 2.45) is 0 Å². The molecule has 0 fully saturated rings. The summed E-state index contributed by atoms with van der Waals surface area (Å²) < 4.78 is 50.8. The van der Waals surface area contributed by atoms with Crippen molar-refractivity contribution in [3.05, 3.63) is 52.8 Å². The summed E-state index contributed by atoms with van der Waals surface area (Å²) in [6.07, 6.45) is 0.738. The van der Waals surface area contributed by atoms with Crippen LogP contribution in [-0.4, -0.2) is 33.2 Å². The topological polar surface area (TPSA) is 52.0 Å². The number of nitrogens with one attached hydrogen (secondary N) is 2. The summed E-state index contributed by atoms with van der Waals surface area (Å²) in [6, 6.07) is 5.63. The van der Waals surface area contributed by atoms with Gasteiger partial charge in [0.1, 0.15) is 6.04 Å². The van der Waals surface area contributed by atoms with Gasteiger partial charge in [0.2, 0.25) is 0 Å². The molecule has 2 N–H and O–H groups in total. The number of amides is 1. The van der Waals surface area contributed by atoms with E-state index in [0.29, 0.717) is 18.0 Å². The zero-order valence-electron chi connectivity index (χ0n) is 15.9. The van der Waals surface area contributed by atoms with Crippen LogP contribution in [0.5, 0.6) is 11.5 Å². The van der Waals surface area contributed by atoms with Crippen LogP contribution < -0.4 is 19.7 Å². The van der Waals surface area contributed by atoms with Crippen LogP contribution in [0.15, 0.2) is 24.3 Å². The maximum absolute atomic E-state index is 13.8. The van der Waals surface area contributed by atoms with Gasteiger partial charge in [-0.05, 0) is 36.8 Å². The van der Waals surface area contributed by atoms with E-state index >= 15 is 0 Å². The third-order valence-corrected chi connectivity index (χ3v) is 5.14. The van der Waals surface area contributed by atoms with Gasteiger partial charge in [0.05, 0.1) is 26.5 Å². The highest BCUT2D eigenvalue weighted by Crippen LogP contribution is 2.33. The second-order valence-electron chi connectivity index (χ2n) is 6.73. The van der Waals surface area contributed by atoms with Gasteiger partial charge in [-0.1, -0.05) is 0 Å². The van der Waals surface area contributed by atoms with Crippen LogP contribution in [0.3, 0.4) is 0 Å². The van der Waals surface area contributed by atoms with Gasteiger partial charge in [0.25, 0.3) is 5.91 Å². The highest BCUT2D eigenvalue weighted by molar-refractivity contribution is 5.91. The minimum Gasteiger partial charge on any atom is -0.493 e. The number of ether oxygens (including phenoxy) is 2. The summed E-state index contributed by atoms with van der Waals surface area (Å²) in [5, 5.41) is 2.32. The number of quaternary nitrogens is 1. The van der Waals surface area contributed by atoms with E-state index in [9.17, 15) is 18.0 Å². The standard InChI is InChI=1S/C20H21F3N2O3/c1-11-13-9-17(28-3)16(27-2)8-12(13)6-7-25(11)10-18(26)24-15-5-4-14(21)19(22)20(15)23/h4-5,8-9,11H,6-7,10H2,1-3H3,(H,24,26)/p+1/t11-/m0/s1. The predicted molar refractivity (Wildman–Crippen MR) is 97.3 cm³/mol. The Bertz CT molecular complexity index is 905. The predicted octanol–water partition coefficient (Wildman–Crippen LogP) is 2.26. The number of hydrogen-bond donors (Lipinski definition) is 2. The van der Waals surface area contributed by atoms with Crippen LogP contribution in [0.4, 0.5) is 18.9 Å². The van der Waals surface area contributed by atoms with Gasteiger partial charge in [-0.25, -0.2) is 13.2 Å². The quantitative estimate of drug-likeness (QED) is 0.764. The third-order valence-electron chi connectivity index (χ3n) is 5.14. The lowest BCUT2D eigenvalue weighted by molar-refractivity contribution is -0.924. The molecule has 5 nitrogen and oxygen atoms in total. The maximum Gasteiger partial charge on any atom is 0.279 e. The SMILES string of the molecule is COc1cc2c(cc1OC)[C@H](C)[NH+](CC(=O)Nc1ccc(F)c(F)c1F)CC2. The average Bonchev–Trinajstić information content (AvgIpc) is 2.69. The number of carbonyl (C=O) groups excluding carboxylic acids is 1. The van der Waals surface area contributed by atoms with Crippen LogP contribution in [-0.2, 0) is 11.2 Å². The number of halogens is 3. The van der Waals surface area contributed by atoms with Crippen molar-refractivity contribution in [2.75, 3.05) is 32.6 Å². The second-order valence-corrected chi connectivity index (χ2v) is 6.73. The van der Waals surface area contributed by atoms with E-state index in [-0.39, 0.29) is 18.3 Å². The van der Waals surface area contributed by atoms with Gasteiger partial charge in [-0.2, -0.15) is 0 Å². The molecular formula is C20H22F3N2O3+. The monoisotopic (exact) mass is 395 g/mol. The first-order valence-electron chi connectivity index (χ1n) is 8.88. The minimum atomic E-state index is -1.61. The first-order chi connectivity index (χ1) is 13.3. The number of methoxy groups -OCH3 is 2. The van der Waals surface area contributed by atoms with E-state index in [1.165, 1.54) is 0 Å². The number of rotatable bonds is 5. The Kier molecular flexibility index (Phi) is 5.79. The van der Waals surface area contributed by atoms with E-state index in [1.54, 1.807) is 14.2 Å². The van der Waals surface area contributed by atoms with E-state index in [1.807, 2.05) is 19.1 Å². The fourth-order valence-electron chi connectivity index (χ4n) is 3.55. The molecule has 0 aromatic heterocycles. The molecule has 0 radical (unpaired) electrons. The summed E-state index contributed by atoms with van der Waals surface area (Å²) in [5.41, 5.74) is 1.80. The molecular weight excluding hydrogens is 373 g/mol. The number of carbonyl (C=O) groups is 1. The number of fused-ring (bicyclic) bond motifs is 1. The van der Waals surface area contributed by atoms with E-state index in [4.69, 9.17) is 9.47 Å². The van der Waals surface area contributed by atoms with Crippen molar-refractivity contribution in [3.63, 3.8) is 0 Å². The van der Waals surface area contributed by atoms with E-state index < -0.39 is 23.4 Å². The van der Waals surface area contributed by atoms with Crippen LogP contribution in [0.2, 0.25) is 0 Å². The molecule has 0 bridgehead atoms. The summed E-state index contributed by atoms with van der Waals surface area (Å²) in [4.78, 5) is 13.3. The smallest absolute Gasteiger partial charge is 0.279 e. The Balaban J connectivity index is 1.74. The van der Waals surface area contributed by atoms with Crippen LogP contribution >= 0.6 is 0 Å². The number of benzene rings is 2. The Morgan fingerprint density at radius 2 is 1.82 bits per heavy atom. The van der Waals surface area contributed by atoms with Crippen molar-refractivity contribution >= 4 is 11.6 Å². The van der Waals surface area contributed by atoms with E-state index in [2.05, 4.69) is 5.32 Å². The molecule has 1 unspecified atom stereocenters. The molecule has 1 amide bonds. The molecule has 1 heterocycles. The van der Waals surface area contributed by atoms with Crippen LogP contribution in [0.25, 0.3) is 0 Å². The Morgan fingerprint density at radius 1 is 1.14 bits per heavy atom. The van der Waals surface area contributed by atoms with Gasteiger partial charge >= 0.3 is 0 Å². The van der Waals surface area contributed by atoms with Crippen LogP contribution in [0.1, 0.15) is 24.1 Å². The number of hydrogen-bond acceptors (Lipinski definition) is 3. The number of anilines is 1. The van der Waals surface area contributed by atoms with Gasteiger partial charge < -0.3 is 19.7 Å². The molecule has 0 saturated carbocycles. The van der Waals surface area contributed by atoms with Crippen molar-refractivity contribution in [1.29, 1.82) is 0 Å². The third kappa shape index (κ3) is 3.77. The fraction of sp³-hybridized carbons (Fsp3) is 0.350. The molecule has 150 valence electrons. The fourth-order valence-corrected chi connectivity index (χ4v) is 3.55. The first kappa shape index (κ1) is 20.0. The molecule has 0 spiro atoms. The molecule has 0 saturated heterocycles. The molecule has 28 heavy (non-hydrogen) atoms. The Labute approximate surface area is 161 Å². The van der Waals surface area contributed by atoms with Crippen molar-refractivity contribution < 1.29 is 32.3 Å². The minimum absolute atomic E-state index is 0.0101. The molecule has 2 atom stereocenters. The molecule has 0 aliphatic carbocycles. The van der Waals surface area contributed by atoms with Gasteiger partial charge in [-0.15, -0.1) is 0 Å². The molecule has 1 aliphatic rings. The Morgan fingerprint density at radius 3 is 2.50 bits per heavy atom. The average molecular weight is 395 g/mol. The summed E-state index contributed by atoms with van der Waals surface area (Å²) >= 11 is 0. The summed E-state index contributed by atoms with van der Waals surface area (Å²) in [6.45, 7) is 2.75. The van der Waals surface area contributed by atoms with Crippen molar-refractivity contribution in [2.45, 2.75) is 19.4 Å². The Hall–Kier alpha value is -2.74. The summed E-state index contributed by atoms with van der Waals surface area (Å²) in [5.74, 6) is -3.52. The first-order valence-corrected chi connectivity index (χ1v) is 8.88. The highest BCUT2D eigenvalue weighted by Gasteiger charge is 2.31. The van der Waals surface area contributed by atoms with Crippen molar-refractivity contribution in [1.82, 2.24) is 0 Å². The van der Waals surface area contributed by atoms with E-state index in [0.717, 1.165) is 34.6 Å². The lowest BCUT2D eigenvalue weighted by Crippen LogP contribution is -3.14. The largest absolute Gasteiger partial charge is 0.493 e. The second kappa shape index (κ2) is 8.10. The molecule has 2 aromatic rings. The molecule has 1 aliphatic heterocycles. The zero-order chi connectivity index (χ0) is 20.4. The molecule has 3 rings (SSSR count). The van der Waals surface area contributed by atoms with Gasteiger partial charge in [-0.3, -0.25) is 4.79 Å². The van der Waals surface area contributed by atoms with Crippen LogP contribution in [0, 0.1) is 17.5 Å². The lowest BCUT2D eigenvalue weighted by Gasteiger charge is -2.32. The van der Waals surface area contributed by atoms with Gasteiger partial charge in [0, 0.05) is 12.0 Å². The van der Waals surface area contributed by atoms with Gasteiger partial charge in [0.15, 0.2) is 35.5 Å². The zero-order valence-corrected chi connectivity index (χ0v) is 15.9. The molecule has 8 heteroatoms. The van der Waals surface area contributed by atoms with Crippen molar-refractivity contribution in [3.8, 4) is 11.5 Å². The lowest BCUT2D eigenvalue weighted by atomic mass is 9.93.